The summed E-state index contributed by atoms with van der Waals surface area (Å²) in [6, 6.07) is 5.68. The lowest BCUT2D eigenvalue weighted by molar-refractivity contribution is -0.376. The highest BCUT2D eigenvalue weighted by Crippen LogP contribution is 2.35. The maximum absolute atomic E-state index is 12.7. The molecule has 0 bridgehead atoms. The number of hydrogen-bond acceptors (Lipinski definition) is 23. The number of ether oxygens (including phenoxy) is 7. The lowest BCUT2D eigenvalue weighted by Crippen LogP contribution is -2.68. The van der Waals surface area contributed by atoms with E-state index < -0.39 is 124 Å². The molecule has 5 saturated heterocycles. The fraction of sp³-hybridized carbons (Fsp3) is 0.760. The molecule has 5 aliphatic rings. The molecule has 1 aromatic rings. The summed E-state index contributed by atoms with van der Waals surface area (Å²) < 4.78 is 39.8. The van der Waals surface area contributed by atoms with Crippen LogP contribution in [0, 0.1) is 0 Å². The van der Waals surface area contributed by atoms with Gasteiger partial charge in [0.15, 0.2) is 25.5 Å². The minimum atomic E-state index is -1.98. The lowest BCUT2D eigenvalue weighted by Gasteiger charge is -2.48. The number of thioether (sulfide) groups is 1. The summed E-state index contributed by atoms with van der Waals surface area (Å²) in [7, 11) is 0. The molecule has 29 nitrogen and oxygen atoms in total. The van der Waals surface area contributed by atoms with Crippen LogP contribution in [0.3, 0.4) is 0 Å². The number of amides is 7. The fourth-order valence-electron chi connectivity index (χ4n) is 9.74. The number of aliphatic hydroxyl groups is 9. The summed E-state index contributed by atoms with van der Waals surface area (Å²) >= 11 is 1.85. The molecule has 1 aromatic carbocycles. The Morgan fingerprint density at radius 2 is 1.25 bits per heavy atom. The van der Waals surface area contributed by atoms with Gasteiger partial charge in [-0.3, -0.25) is 24.0 Å². The van der Waals surface area contributed by atoms with E-state index in [9.17, 15) is 74.7 Å². The summed E-state index contributed by atoms with van der Waals surface area (Å²) in [5.74, 6) is -0.266. The summed E-state index contributed by atoms with van der Waals surface area (Å²) in [6.45, 7) is -0.833. The number of carbonyl (C=O) groups is 6. The van der Waals surface area contributed by atoms with Crippen molar-refractivity contribution < 1.29 is 108 Å². The van der Waals surface area contributed by atoms with Crippen LogP contribution in [-0.4, -0.2) is 249 Å². The number of unbranched alkanes of at least 4 members (excludes halogenated alkanes) is 2. The van der Waals surface area contributed by atoms with Gasteiger partial charge in [-0.2, -0.15) is 11.8 Å². The third kappa shape index (κ3) is 18.7. The summed E-state index contributed by atoms with van der Waals surface area (Å²) in [5, 5.41) is 114. The summed E-state index contributed by atoms with van der Waals surface area (Å²) in [5.41, 5.74) is 0.719. The minimum absolute atomic E-state index is 0.0750. The van der Waals surface area contributed by atoms with E-state index in [0.29, 0.717) is 43.4 Å². The first-order chi connectivity index (χ1) is 38.4. The third-order valence-corrected chi connectivity index (χ3v) is 15.6. The van der Waals surface area contributed by atoms with E-state index in [-0.39, 0.29) is 81.4 Å². The van der Waals surface area contributed by atoms with Crippen LogP contribution in [0.15, 0.2) is 24.3 Å². The van der Waals surface area contributed by atoms with Crippen LogP contribution in [0.2, 0.25) is 0 Å². The van der Waals surface area contributed by atoms with Gasteiger partial charge in [0.2, 0.25) is 23.6 Å². The maximum atomic E-state index is 12.7. The van der Waals surface area contributed by atoms with Crippen LogP contribution in [0.25, 0.3) is 0 Å². The van der Waals surface area contributed by atoms with Crippen molar-refractivity contribution in [1.82, 2.24) is 37.2 Å². The molecule has 18 atom stereocenters. The number of benzene rings is 1. The Kier molecular flexibility index (Phi) is 26.1. The number of aliphatic hydroxyl groups excluding tert-OH is 9. The van der Waals surface area contributed by atoms with E-state index in [2.05, 4.69) is 37.2 Å². The van der Waals surface area contributed by atoms with E-state index in [1.807, 2.05) is 11.8 Å². The van der Waals surface area contributed by atoms with E-state index in [1.54, 1.807) is 24.3 Å². The average molecular weight is 1160 g/mol. The number of nitrogens with one attached hydrogen (secondary N) is 7. The van der Waals surface area contributed by atoms with Crippen LogP contribution in [0.5, 0.6) is 5.75 Å². The van der Waals surface area contributed by atoms with Gasteiger partial charge in [0.25, 0.3) is 5.91 Å². The second-order valence-electron chi connectivity index (χ2n) is 20.1. The number of fused-ring (bicyclic) bond motifs is 1. The van der Waals surface area contributed by atoms with Gasteiger partial charge >= 0.3 is 6.03 Å². The van der Waals surface area contributed by atoms with Crippen molar-refractivity contribution in [2.75, 3.05) is 58.4 Å². The predicted octanol–water partition coefficient (Wildman–Crippen LogP) is -5.68. The Labute approximate surface area is 465 Å². The highest BCUT2D eigenvalue weighted by Gasteiger charge is 2.54. The van der Waals surface area contributed by atoms with Gasteiger partial charge in [-0.1, -0.05) is 18.6 Å². The largest absolute Gasteiger partial charge is 0.484 e. The van der Waals surface area contributed by atoms with Crippen molar-refractivity contribution in [3.63, 3.8) is 0 Å². The van der Waals surface area contributed by atoms with E-state index in [0.717, 1.165) is 37.5 Å². The zero-order chi connectivity index (χ0) is 57.9. The molecule has 0 aromatic heterocycles. The molecular formula is C50H79N7O22S. The Balaban J connectivity index is 0.827. The first-order valence-electron chi connectivity index (χ1n) is 26.9. The predicted molar refractivity (Wildman–Crippen MR) is 276 cm³/mol. The molecule has 0 aliphatic carbocycles. The van der Waals surface area contributed by atoms with Crippen molar-refractivity contribution in [3.8, 4) is 5.75 Å². The van der Waals surface area contributed by atoms with Crippen LogP contribution in [0.4, 0.5) is 4.79 Å². The van der Waals surface area contributed by atoms with E-state index in [1.165, 1.54) is 0 Å². The molecule has 5 aliphatic heterocycles. The Morgan fingerprint density at radius 1 is 0.650 bits per heavy atom. The quantitative estimate of drug-likeness (QED) is 0.0243. The van der Waals surface area contributed by atoms with Crippen LogP contribution in [-0.2, 0) is 58.9 Å². The summed E-state index contributed by atoms with van der Waals surface area (Å²) in [6.07, 6.45) is -19.2. The Bertz CT molecular complexity index is 2160. The zero-order valence-corrected chi connectivity index (χ0v) is 45.2. The second-order valence-corrected chi connectivity index (χ2v) is 21.4. The minimum Gasteiger partial charge on any atom is -0.484 e. The third-order valence-electron chi connectivity index (χ3n) is 14.1. The molecule has 6 rings (SSSR count). The van der Waals surface area contributed by atoms with Crippen molar-refractivity contribution in [2.24, 2.45) is 0 Å². The van der Waals surface area contributed by atoms with Gasteiger partial charge < -0.3 is 116 Å². The number of hydrogen-bond donors (Lipinski definition) is 16. The number of carbonyl (C=O) groups excluding carboxylic acids is 6. The molecular weight excluding hydrogens is 1080 g/mol. The van der Waals surface area contributed by atoms with Crippen molar-refractivity contribution in [3.05, 3.63) is 29.8 Å². The smallest absolute Gasteiger partial charge is 0.315 e. The molecule has 0 radical (unpaired) electrons. The monoisotopic (exact) mass is 1160 g/mol. The van der Waals surface area contributed by atoms with Gasteiger partial charge in [-0.25, -0.2) is 4.79 Å². The summed E-state index contributed by atoms with van der Waals surface area (Å²) in [4.78, 5) is 73.5. The van der Waals surface area contributed by atoms with Crippen molar-refractivity contribution in [1.29, 1.82) is 0 Å². The molecule has 7 amide bonds. The Morgan fingerprint density at radius 3 is 1.91 bits per heavy atom. The topological polar surface area (TPSA) is 433 Å². The molecule has 0 saturated carbocycles. The van der Waals surface area contributed by atoms with Crippen LogP contribution in [0.1, 0.15) is 70.3 Å². The standard InChI is InChI=1S/C50H79N7O22S/c1-25(61)55-38-41(68)45(78-49-44(71)46(40(67)30(21-59)76-49)79-48-43(70)42(69)39(66)29(20-58)75-48)31(22-60)77-47(38)73-17-7-14-51-36(65)23-74-27-9-6-8-26(18-27)19-54-35(64)13-5-4-12-34(63)53-16-15-52-33(62)11-3-2-10-32-37-28(24-80-32)56-50(72)57-37/h6,8-9,18,28-32,37-49,58-60,66-71H,2-5,7,10-17,19-24H2,1H3,(H,51,65)(H,52,62)(H,53,63)(H,54,64)(H,55,61)(H2,56,57,72)/t28-,29+,30+,31+,32-,37-,38+,39-,40-,41+,42-,43+,44+,45+,46-,47+,48+,49-/m0/s1. The van der Waals surface area contributed by atoms with Gasteiger partial charge in [-0.15, -0.1) is 0 Å². The molecule has 5 fully saturated rings. The highest BCUT2D eigenvalue weighted by atomic mass is 32.2. The maximum Gasteiger partial charge on any atom is 0.315 e. The molecule has 5 heterocycles. The first kappa shape index (κ1) is 64.6. The molecule has 0 unspecified atom stereocenters. The second kappa shape index (κ2) is 32.3. The number of urea groups is 1. The molecule has 452 valence electrons. The molecule has 16 N–H and O–H groups in total. The number of rotatable bonds is 31. The fourth-order valence-corrected chi connectivity index (χ4v) is 11.3. The SMILES string of the molecule is CC(=O)N[C@H]1[C@H](OCCCNC(=O)COc2cccc(CNC(=O)CCCCC(=O)NCCNC(=O)CCCC[C@@H]3SC[C@@H]4NC(=O)N[C@@H]43)c2)O[C@H](CO)[C@@H](O[C@@H]2O[C@H](CO)[C@H](O)[C@H](O[C@H]3O[C@H](CO)[C@H](O)[C@H](O)[C@H]3O)[C@H]2O)[C@@H]1O. The van der Waals surface area contributed by atoms with E-state index in [4.69, 9.17) is 33.2 Å². The van der Waals surface area contributed by atoms with Crippen molar-refractivity contribution in [2.45, 2.75) is 181 Å². The van der Waals surface area contributed by atoms with Gasteiger partial charge in [0, 0.05) is 63.4 Å². The van der Waals surface area contributed by atoms with Gasteiger partial charge in [-0.05, 0) is 49.8 Å². The lowest BCUT2D eigenvalue weighted by atomic mass is 9.95. The highest BCUT2D eigenvalue weighted by molar-refractivity contribution is 8.00. The van der Waals surface area contributed by atoms with Gasteiger partial charge in [0.1, 0.15) is 78.9 Å². The van der Waals surface area contributed by atoms with Crippen molar-refractivity contribution >= 4 is 47.3 Å². The zero-order valence-electron chi connectivity index (χ0n) is 44.4. The van der Waals surface area contributed by atoms with Crippen LogP contribution < -0.4 is 42.0 Å². The normalized spacial score (nSPS) is 32.9. The van der Waals surface area contributed by atoms with E-state index >= 15 is 0 Å². The average Bonchev–Trinajstić information content (AvgIpc) is 4.05. The molecule has 0 spiro atoms. The first-order valence-corrected chi connectivity index (χ1v) is 28.0. The molecule has 80 heavy (non-hydrogen) atoms. The van der Waals surface area contributed by atoms with Gasteiger partial charge in [0.05, 0.1) is 38.5 Å². The molecule has 30 heteroatoms. The van der Waals surface area contributed by atoms with Crippen LogP contribution >= 0.6 is 11.8 Å². The Hall–Kier alpha value is -4.61.